The van der Waals surface area contributed by atoms with Gasteiger partial charge in [0.2, 0.25) is 5.17 Å². The van der Waals surface area contributed by atoms with Gasteiger partial charge in [0.15, 0.2) is 0 Å². The van der Waals surface area contributed by atoms with Crippen molar-refractivity contribution in [1.29, 1.82) is 0 Å². The molecule has 0 radical (unpaired) electrons. The molecule has 6 heteroatoms. The number of hydrogen-bond acceptors (Lipinski definition) is 4. The molecule has 0 bridgehead atoms. The molecule has 0 aromatic heterocycles. The molecule has 0 heterocycles. The van der Waals surface area contributed by atoms with Gasteiger partial charge < -0.3 is 4.74 Å². The van der Waals surface area contributed by atoms with Gasteiger partial charge in [-0.3, -0.25) is 5.43 Å². The van der Waals surface area contributed by atoms with Crippen molar-refractivity contribution in [3.63, 3.8) is 0 Å². The predicted molar refractivity (Wildman–Crippen MR) is 92.3 cm³/mol. The number of hydrogen-bond donors (Lipinski definition) is 1. The first-order valence-corrected chi connectivity index (χ1v) is 7.56. The molecular formula is C15H12ClIN2O2. The van der Waals surface area contributed by atoms with E-state index in [0.29, 0.717) is 0 Å². The standard InChI is InChI=1S/C15H12ClIN2O2/c16-14(19-18-13-8-6-12(17)7-9-13)15(20)21-10-11-4-2-1-3-5-11/h1-9,18H,10H2/b19-14-. The first-order chi connectivity index (χ1) is 10.1. The molecule has 0 amide bonds. The molecule has 0 atom stereocenters. The lowest BCUT2D eigenvalue weighted by molar-refractivity contribution is -0.136. The molecule has 0 unspecified atom stereocenters. The van der Waals surface area contributed by atoms with E-state index in [-0.39, 0.29) is 11.8 Å². The van der Waals surface area contributed by atoms with Gasteiger partial charge in [0.05, 0.1) is 5.69 Å². The number of carbonyl (C=O) groups is 1. The van der Waals surface area contributed by atoms with Gasteiger partial charge in [-0.25, -0.2) is 4.79 Å². The summed E-state index contributed by atoms with van der Waals surface area (Å²) in [4.78, 5) is 11.7. The van der Waals surface area contributed by atoms with Crippen LogP contribution in [0.3, 0.4) is 0 Å². The van der Waals surface area contributed by atoms with Gasteiger partial charge in [-0.2, -0.15) is 5.10 Å². The number of nitrogens with one attached hydrogen (secondary N) is 1. The van der Waals surface area contributed by atoms with Gasteiger partial charge in [-0.15, -0.1) is 0 Å². The Morgan fingerprint density at radius 1 is 1.14 bits per heavy atom. The van der Waals surface area contributed by atoms with Crippen LogP contribution in [0, 0.1) is 3.57 Å². The number of halogens is 2. The number of nitrogens with zero attached hydrogens (tertiary/aromatic N) is 1. The van der Waals surface area contributed by atoms with Gasteiger partial charge in [0.1, 0.15) is 6.61 Å². The average molecular weight is 415 g/mol. The predicted octanol–water partition coefficient (Wildman–Crippen LogP) is 4.00. The van der Waals surface area contributed by atoms with Crippen LogP contribution in [0.25, 0.3) is 0 Å². The highest BCUT2D eigenvalue weighted by molar-refractivity contribution is 14.1. The molecular weight excluding hydrogens is 403 g/mol. The molecule has 0 aliphatic carbocycles. The topological polar surface area (TPSA) is 50.7 Å². The minimum Gasteiger partial charge on any atom is -0.455 e. The second kappa shape index (κ2) is 7.99. The summed E-state index contributed by atoms with van der Waals surface area (Å²) in [5, 5.41) is 3.55. The average Bonchev–Trinajstić information content (AvgIpc) is 2.52. The fourth-order valence-electron chi connectivity index (χ4n) is 1.47. The summed E-state index contributed by atoms with van der Waals surface area (Å²) in [6.07, 6.45) is 0. The van der Waals surface area contributed by atoms with Crippen LogP contribution in [0.2, 0.25) is 0 Å². The molecule has 0 fully saturated rings. The Morgan fingerprint density at radius 3 is 2.48 bits per heavy atom. The molecule has 0 saturated carbocycles. The second-order valence-electron chi connectivity index (χ2n) is 4.08. The Morgan fingerprint density at radius 2 is 1.81 bits per heavy atom. The minimum absolute atomic E-state index is 0.162. The molecule has 108 valence electrons. The van der Waals surface area contributed by atoms with E-state index in [1.807, 2.05) is 54.6 Å². The Balaban J connectivity index is 1.86. The van der Waals surface area contributed by atoms with Gasteiger partial charge in [-0.1, -0.05) is 41.9 Å². The summed E-state index contributed by atoms with van der Waals surface area (Å²) in [5.41, 5.74) is 4.33. The van der Waals surface area contributed by atoms with Crippen molar-refractivity contribution in [2.24, 2.45) is 5.10 Å². The van der Waals surface area contributed by atoms with Crippen molar-refractivity contribution in [1.82, 2.24) is 0 Å². The van der Waals surface area contributed by atoms with Gasteiger partial charge in [0.25, 0.3) is 0 Å². The zero-order chi connectivity index (χ0) is 15.1. The highest BCUT2D eigenvalue weighted by Crippen LogP contribution is 2.11. The third-order valence-electron chi connectivity index (χ3n) is 2.51. The van der Waals surface area contributed by atoms with E-state index in [0.717, 1.165) is 14.8 Å². The van der Waals surface area contributed by atoms with Crippen molar-refractivity contribution in [2.75, 3.05) is 5.43 Å². The molecule has 0 aliphatic rings. The Bertz CT molecular complexity index is 630. The maximum Gasteiger partial charge on any atom is 0.371 e. The van der Waals surface area contributed by atoms with E-state index in [9.17, 15) is 4.79 Å². The van der Waals surface area contributed by atoms with Crippen LogP contribution in [0.1, 0.15) is 5.56 Å². The van der Waals surface area contributed by atoms with Gasteiger partial charge >= 0.3 is 5.97 Å². The summed E-state index contributed by atoms with van der Waals surface area (Å²) in [5.74, 6) is -0.668. The first kappa shape index (κ1) is 15.8. The summed E-state index contributed by atoms with van der Waals surface area (Å²) in [6, 6.07) is 16.9. The highest BCUT2D eigenvalue weighted by atomic mass is 127. The second-order valence-corrected chi connectivity index (χ2v) is 5.69. The van der Waals surface area contributed by atoms with Crippen LogP contribution >= 0.6 is 34.2 Å². The largest absolute Gasteiger partial charge is 0.455 e. The van der Waals surface area contributed by atoms with Crippen LogP contribution in [0.5, 0.6) is 0 Å². The van der Waals surface area contributed by atoms with Crippen molar-refractivity contribution < 1.29 is 9.53 Å². The lowest BCUT2D eigenvalue weighted by Crippen LogP contribution is -2.13. The van der Waals surface area contributed by atoms with Crippen LogP contribution in [0.15, 0.2) is 59.7 Å². The molecule has 0 spiro atoms. The van der Waals surface area contributed by atoms with Crippen molar-refractivity contribution in [3.05, 3.63) is 63.7 Å². The molecule has 4 nitrogen and oxygen atoms in total. The molecule has 0 saturated heterocycles. The lowest BCUT2D eigenvalue weighted by atomic mass is 10.2. The molecule has 21 heavy (non-hydrogen) atoms. The Hall–Kier alpha value is -1.60. The van der Waals surface area contributed by atoms with Crippen molar-refractivity contribution in [2.45, 2.75) is 6.61 Å². The van der Waals surface area contributed by atoms with Crippen LogP contribution < -0.4 is 5.43 Å². The molecule has 0 aliphatic heterocycles. The highest BCUT2D eigenvalue weighted by Gasteiger charge is 2.10. The summed E-state index contributed by atoms with van der Waals surface area (Å²) < 4.78 is 6.16. The quantitative estimate of drug-likeness (QED) is 0.348. The van der Waals surface area contributed by atoms with E-state index in [4.69, 9.17) is 16.3 Å². The molecule has 2 rings (SSSR count). The minimum atomic E-state index is -0.668. The van der Waals surface area contributed by atoms with Crippen LogP contribution in [0.4, 0.5) is 5.69 Å². The fraction of sp³-hybridized carbons (Fsp3) is 0.0667. The van der Waals surface area contributed by atoms with E-state index in [2.05, 4.69) is 33.1 Å². The van der Waals surface area contributed by atoms with E-state index in [1.54, 1.807) is 0 Å². The number of benzene rings is 2. The van der Waals surface area contributed by atoms with Crippen LogP contribution in [-0.2, 0) is 16.1 Å². The molecule has 2 aromatic rings. The maximum atomic E-state index is 11.7. The first-order valence-electron chi connectivity index (χ1n) is 6.11. The van der Waals surface area contributed by atoms with Gasteiger partial charge in [-0.05, 0) is 52.4 Å². The van der Waals surface area contributed by atoms with E-state index in [1.165, 1.54) is 0 Å². The number of hydrazone groups is 1. The zero-order valence-electron chi connectivity index (χ0n) is 10.9. The SMILES string of the molecule is O=C(OCc1ccccc1)/C(Cl)=N/Nc1ccc(I)cc1. The van der Waals surface area contributed by atoms with Crippen molar-refractivity contribution >= 4 is 51.0 Å². The third kappa shape index (κ3) is 5.35. The number of anilines is 1. The number of rotatable bonds is 5. The summed E-state index contributed by atoms with van der Waals surface area (Å²) in [7, 11) is 0. The normalized spacial score (nSPS) is 11.0. The van der Waals surface area contributed by atoms with Gasteiger partial charge in [0, 0.05) is 3.57 Å². The number of esters is 1. The summed E-state index contributed by atoms with van der Waals surface area (Å²) >= 11 is 7.99. The number of carbonyl (C=O) groups excluding carboxylic acids is 1. The number of ether oxygens (including phenoxy) is 1. The third-order valence-corrected chi connectivity index (χ3v) is 3.47. The monoisotopic (exact) mass is 414 g/mol. The van der Waals surface area contributed by atoms with Crippen LogP contribution in [-0.4, -0.2) is 11.1 Å². The molecule has 2 aromatic carbocycles. The van der Waals surface area contributed by atoms with Crippen molar-refractivity contribution in [3.8, 4) is 0 Å². The van der Waals surface area contributed by atoms with E-state index < -0.39 is 5.97 Å². The fourth-order valence-corrected chi connectivity index (χ4v) is 1.92. The smallest absolute Gasteiger partial charge is 0.371 e. The Kier molecular flexibility index (Phi) is 6.01. The summed E-state index contributed by atoms with van der Waals surface area (Å²) in [6.45, 7) is 0.162. The lowest BCUT2D eigenvalue weighted by Gasteiger charge is -2.04. The molecule has 1 N–H and O–H groups in total. The van der Waals surface area contributed by atoms with E-state index >= 15 is 0 Å². The maximum absolute atomic E-state index is 11.7. The zero-order valence-corrected chi connectivity index (χ0v) is 13.8. The Labute approximate surface area is 141 Å².